The van der Waals surface area contributed by atoms with Crippen LogP contribution in [0.2, 0.25) is 0 Å². The highest BCUT2D eigenvalue weighted by Gasteiger charge is 2.22. The van der Waals surface area contributed by atoms with E-state index in [0.717, 1.165) is 19.3 Å². The number of β-amino-alcohol motifs (C(OH)–C–C–N with tert-alkyl or cyclic N) is 1. The minimum absolute atomic E-state index is 0.119. The Morgan fingerprint density at radius 3 is 2.76 bits per heavy atom. The van der Waals surface area contributed by atoms with E-state index in [1.807, 2.05) is 0 Å². The second kappa shape index (κ2) is 7.31. The van der Waals surface area contributed by atoms with Gasteiger partial charge in [-0.3, -0.25) is 4.79 Å². The van der Waals surface area contributed by atoms with Crippen LogP contribution in [0.1, 0.15) is 37.4 Å². The molecule has 0 radical (unpaired) electrons. The first kappa shape index (κ1) is 15.6. The number of amides is 1. The molecular formula is C16H23NO4. The van der Waals surface area contributed by atoms with Crippen molar-refractivity contribution in [1.82, 2.24) is 4.90 Å². The second-order valence-electron chi connectivity index (χ2n) is 5.27. The van der Waals surface area contributed by atoms with Crippen LogP contribution in [0.5, 0.6) is 11.5 Å². The van der Waals surface area contributed by atoms with Gasteiger partial charge in [-0.15, -0.1) is 0 Å². The summed E-state index contributed by atoms with van der Waals surface area (Å²) < 4.78 is 10.5. The lowest BCUT2D eigenvalue weighted by Gasteiger charge is -2.25. The average Bonchev–Trinajstić information content (AvgIpc) is 2.71. The minimum Gasteiger partial charge on any atom is -0.497 e. The van der Waals surface area contributed by atoms with Crippen molar-refractivity contribution in [1.29, 1.82) is 0 Å². The van der Waals surface area contributed by atoms with Crippen LogP contribution in [0.25, 0.3) is 0 Å². The van der Waals surface area contributed by atoms with Crippen LogP contribution in [0.3, 0.4) is 0 Å². The topological polar surface area (TPSA) is 59.0 Å². The molecule has 5 heteroatoms. The van der Waals surface area contributed by atoms with Gasteiger partial charge in [-0.25, -0.2) is 0 Å². The van der Waals surface area contributed by atoms with Gasteiger partial charge < -0.3 is 19.5 Å². The SMILES string of the molecule is COc1ccc(OC)c(C(O)CN2CCCCCC2=O)c1. The van der Waals surface area contributed by atoms with Crippen molar-refractivity contribution in [3.63, 3.8) is 0 Å². The summed E-state index contributed by atoms with van der Waals surface area (Å²) in [5.74, 6) is 1.38. The first-order valence-electron chi connectivity index (χ1n) is 7.33. The molecule has 5 nitrogen and oxygen atoms in total. The number of hydrogen-bond donors (Lipinski definition) is 1. The molecule has 1 amide bonds. The number of hydrogen-bond acceptors (Lipinski definition) is 4. The summed E-state index contributed by atoms with van der Waals surface area (Å²) in [6.45, 7) is 1.00. The molecule has 0 saturated carbocycles. The normalized spacial score (nSPS) is 17.3. The largest absolute Gasteiger partial charge is 0.497 e. The maximum Gasteiger partial charge on any atom is 0.222 e. The summed E-state index contributed by atoms with van der Waals surface area (Å²) in [6.07, 6.45) is 2.79. The zero-order valence-corrected chi connectivity index (χ0v) is 12.7. The average molecular weight is 293 g/mol. The van der Waals surface area contributed by atoms with E-state index in [0.29, 0.717) is 36.6 Å². The molecule has 0 aromatic heterocycles. The number of benzene rings is 1. The minimum atomic E-state index is -0.780. The molecule has 0 spiro atoms. The number of aliphatic hydroxyl groups excluding tert-OH is 1. The maximum atomic E-state index is 12.0. The summed E-state index contributed by atoms with van der Waals surface area (Å²) in [6, 6.07) is 5.31. The number of rotatable bonds is 5. The molecule has 0 bridgehead atoms. The summed E-state index contributed by atoms with van der Waals surface area (Å²) in [5, 5.41) is 10.5. The molecule has 0 aliphatic carbocycles. The quantitative estimate of drug-likeness (QED) is 0.903. The van der Waals surface area contributed by atoms with Crippen LogP contribution in [0.15, 0.2) is 18.2 Å². The third kappa shape index (κ3) is 3.88. The van der Waals surface area contributed by atoms with Crippen LogP contribution >= 0.6 is 0 Å². The van der Waals surface area contributed by atoms with E-state index in [2.05, 4.69) is 0 Å². The Balaban J connectivity index is 2.14. The first-order valence-corrected chi connectivity index (χ1v) is 7.33. The van der Waals surface area contributed by atoms with Gasteiger partial charge in [-0.1, -0.05) is 6.42 Å². The van der Waals surface area contributed by atoms with Gasteiger partial charge in [-0.2, -0.15) is 0 Å². The smallest absolute Gasteiger partial charge is 0.222 e. The van der Waals surface area contributed by atoms with Crippen LogP contribution < -0.4 is 9.47 Å². The fourth-order valence-corrected chi connectivity index (χ4v) is 2.64. The molecule has 1 saturated heterocycles. The number of aliphatic hydroxyl groups is 1. The lowest BCUT2D eigenvalue weighted by molar-refractivity contribution is -0.132. The number of carbonyl (C=O) groups excluding carboxylic acids is 1. The molecule has 116 valence electrons. The fourth-order valence-electron chi connectivity index (χ4n) is 2.64. The zero-order valence-electron chi connectivity index (χ0n) is 12.7. The predicted molar refractivity (Wildman–Crippen MR) is 79.6 cm³/mol. The number of carbonyl (C=O) groups is 1. The third-order valence-electron chi connectivity index (χ3n) is 3.86. The molecule has 21 heavy (non-hydrogen) atoms. The summed E-state index contributed by atoms with van der Waals surface area (Å²) in [7, 11) is 3.14. The van der Waals surface area contributed by atoms with E-state index in [9.17, 15) is 9.90 Å². The molecule has 1 unspecified atom stereocenters. The van der Waals surface area contributed by atoms with E-state index < -0.39 is 6.10 Å². The zero-order chi connectivity index (χ0) is 15.2. The predicted octanol–water partition coefficient (Wildman–Crippen LogP) is 2.14. The van der Waals surface area contributed by atoms with Crippen molar-refractivity contribution in [3.05, 3.63) is 23.8 Å². The number of likely N-dealkylation sites (tertiary alicyclic amines) is 1. The molecule has 1 N–H and O–H groups in total. The lowest BCUT2D eigenvalue weighted by Crippen LogP contribution is -2.34. The maximum absolute atomic E-state index is 12.0. The van der Waals surface area contributed by atoms with E-state index in [1.54, 1.807) is 37.3 Å². The van der Waals surface area contributed by atoms with Crippen molar-refractivity contribution in [3.8, 4) is 11.5 Å². The molecule has 1 fully saturated rings. The van der Waals surface area contributed by atoms with Gasteiger partial charge in [0.15, 0.2) is 0 Å². The lowest BCUT2D eigenvalue weighted by atomic mass is 10.1. The van der Waals surface area contributed by atoms with Gasteiger partial charge in [0, 0.05) is 18.5 Å². The first-order chi connectivity index (χ1) is 10.2. The molecule has 1 aromatic carbocycles. The van der Waals surface area contributed by atoms with Gasteiger partial charge in [0.25, 0.3) is 0 Å². The third-order valence-corrected chi connectivity index (χ3v) is 3.86. The molecular weight excluding hydrogens is 270 g/mol. The summed E-state index contributed by atoms with van der Waals surface area (Å²) in [5.41, 5.74) is 0.647. The standard InChI is InChI=1S/C16H23NO4/c1-20-12-7-8-15(21-2)13(10-12)14(18)11-17-9-5-3-4-6-16(17)19/h7-8,10,14,18H,3-6,9,11H2,1-2H3. The Kier molecular flexibility index (Phi) is 5.44. The van der Waals surface area contributed by atoms with Crippen molar-refractivity contribution < 1.29 is 19.4 Å². The molecule has 2 rings (SSSR count). The highest BCUT2D eigenvalue weighted by atomic mass is 16.5. The Morgan fingerprint density at radius 1 is 1.24 bits per heavy atom. The summed E-state index contributed by atoms with van der Waals surface area (Å²) >= 11 is 0. The highest BCUT2D eigenvalue weighted by molar-refractivity contribution is 5.76. The number of methoxy groups -OCH3 is 2. The molecule has 1 atom stereocenters. The van der Waals surface area contributed by atoms with E-state index in [1.165, 1.54) is 0 Å². The monoisotopic (exact) mass is 293 g/mol. The Morgan fingerprint density at radius 2 is 2.05 bits per heavy atom. The van der Waals surface area contributed by atoms with Crippen molar-refractivity contribution in [2.24, 2.45) is 0 Å². The van der Waals surface area contributed by atoms with Crippen molar-refractivity contribution in [2.45, 2.75) is 31.8 Å². The van der Waals surface area contributed by atoms with Gasteiger partial charge >= 0.3 is 0 Å². The second-order valence-corrected chi connectivity index (χ2v) is 5.27. The Bertz CT molecular complexity index is 489. The van der Waals surface area contributed by atoms with Gasteiger partial charge in [-0.05, 0) is 31.0 Å². The molecule has 1 aliphatic rings. The van der Waals surface area contributed by atoms with E-state index >= 15 is 0 Å². The van der Waals surface area contributed by atoms with E-state index in [4.69, 9.17) is 9.47 Å². The van der Waals surface area contributed by atoms with Crippen LogP contribution in [-0.2, 0) is 4.79 Å². The number of nitrogens with zero attached hydrogens (tertiary/aromatic N) is 1. The van der Waals surface area contributed by atoms with Gasteiger partial charge in [0.2, 0.25) is 5.91 Å². The van der Waals surface area contributed by atoms with Gasteiger partial charge in [0.05, 0.1) is 20.8 Å². The molecule has 1 aliphatic heterocycles. The van der Waals surface area contributed by atoms with E-state index in [-0.39, 0.29) is 5.91 Å². The van der Waals surface area contributed by atoms with Gasteiger partial charge in [0.1, 0.15) is 17.6 Å². The number of ether oxygens (including phenoxy) is 2. The fraction of sp³-hybridized carbons (Fsp3) is 0.562. The summed E-state index contributed by atoms with van der Waals surface area (Å²) in [4.78, 5) is 13.8. The van der Waals surface area contributed by atoms with Crippen LogP contribution in [0, 0.1) is 0 Å². The Labute approximate surface area is 125 Å². The van der Waals surface area contributed by atoms with Crippen LogP contribution in [0.4, 0.5) is 0 Å². The molecule has 1 heterocycles. The van der Waals surface area contributed by atoms with Crippen molar-refractivity contribution in [2.75, 3.05) is 27.3 Å². The van der Waals surface area contributed by atoms with Crippen molar-refractivity contribution >= 4 is 5.91 Å². The molecule has 1 aromatic rings. The highest BCUT2D eigenvalue weighted by Crippen LogP contribution is 2.30. The Hall–Kier alpha value is -1.75. The van der Waals surface area contributed by atoms with Crippen LogP contribution in [-0.4, -0.2) is 43.2 Å².